The van der Waals surface area contributed by atoms with Gasteiger partial charge in [-0.05, 0) is 56.2 Å². The predicted octanol–water partition coefficient (Wildman–Crippen LogP) is 4.51. The number of benzene rings is 1. The number of hydrogen-bond acceptors (Lipinski definition) is 6. The lowest BCUT2D eigenvalue weighted by atomic mass is 9.98. The van der Waals surface area contributed by atoms with Crippen molar-refractivity contribution in [1.29, 1.82) is 0 Å². The highest BCUT2D eigenvalue weighted by Crippen LogP contribution is 2.23. The maximum atomic E-state index is 12.9. The number of anilines is 2. The van der Waals surface area contributed by atoms with Crippen LogP contribution in [0.1, 0.15) is 67.8 Å². The molecule has 30 heavy (non-hydrogen) atoms. The Labute approximate surface area is 178 Å². The summed E-state index contributed by atoms with van der Waals surface area (Å²) >= 11 is 0. The summed E-state index contributed by atoms with van der Waals surface area (Å²) in [6.07, 6.45) is 9.66. The van der Waals surface area contributed by atoms with E-state index in [-0.39, 0.29) is 12.5 Å². The first-order chi connectivity index (χ1) is 14.7. The van der Waals surface area contributed by atoms with E-state index < -0.39 is 0 Å². The van der Waals surface area contributed by atoms with Gasteiger partial charge in [0, 0.05) is 30.7 Å². The van der Waals surface area contributed by atoms with Gasteiger partial charge in [0.05, 0.1) is 0 Å². The SMILES string of the molecule is CCCCNc1ncc(C(=O)Nc2ccc(CCO)cc2)c(N=C2CCCCC2)n1. The van der Waals surface area contributed by atoms with Gasteiger partial charge in [-0.15, -0.1) is 0 Å². The lowest BCUT2D eigenvalue weighted by Gasteiger charge is -2.14. The molecule has 3 N–H and O–H groups in total. The molecule has 0 radical (unpaired) electrons. The van der Waals surface area contributed by atoms with E-state index in [9.17, 15) is 4.79 Å². The van der Waals surface area contributed by atoms with Crippen LogP contribution >= 0.6 is 0 Å². The summed E-state index contributed by atoms with van der Waals surface area (Å²) in [6.45, 7) is 3.02. The van der Waals surface area contributed by atoms with E-state index in [4.69, 9.17) is 10.1 Å². The van der Waals surface area contributed by atoms with Crippen LogP contribution in [0.4, 0.5) is 17.5 Å². The van der Waals surface area contributed by atoms with Crippen LogP contribution < -0.4 is 10.6 Å². The minimum absolute atomic E-state index is 0.103. The Bertz CT molecular complexity index is 856. The molecule has 1 heterocycles. The number of nitrogens with one attached hydrogen (secondary N) is 2. The molecule has 0 unspecified atom stereocenters. The average molecular weight is 410 g/mol. The Balaban J connectivity index is 1.80. The monoisotopic (exact) mass is 409 g/mol. The molecule has 0 bridgehead atoms. The summed E-state index contributed by atoms with van der Waals surface area (Å²) in [5, 5.41) is 15.2. The van der Waals surface area contributed by atoms with E-state index in [1.165, 1.54) is 6.42 Å². The summed E-state index contributed by atoms with van der Waals surface area (Å²) in [6, 6.07) is 7.45. The van der Waals surface area contributed by atoms with Crippen LogP contribution in [0.2, 0.25) is 0 Å². The second-order valence-corrected chi connectivity index (χ2v) is 7.57. The van der Waals surface area contributed by atoms with E-state index in [1.807, 2.05) is 24.3 Å². The van der Waals surface area contributed by atoms with Gasteiger partial charge >= 0.3 is 0 Å². The van der Waals surface area contributed by atoms with Crippen LogP contribution in [0.3, 0.4) is 0 Å². The number of carbonyl (C=O) groups excluding carboxylic acids is 1. The molecule has 1 aliphatic carbocycles. The second kappa shape index (κ2) is 11.4. The number of aromatic nitrogens is 2. The van der Waals surface area contributed by atoms with E-state index >= 15 is 0 Å². The average Bonchev–Trinajstić information content (AvgIpc) is 2.76. The molecule has 1 saturated carbocycles. The van der Waals surface area contributed by atoms with Crippen molar-refractivity contribution in [2.24, 2.45) is 4.99 Å². The number of unbranched alkanes of at least 4 members (excludes halogenated alkanes) is 1. The van der Waals surface area contributed by atoms with E-state index in [0.717, 1.165) is 56.3 Å². The fourth-order valence-corrected chi connectivity index (χ4v) is 3.38. The summed E-state index contributed by atoms with van der Waals surface area (Å²) in [5.74, 6) is 0.652. The van der Waals surface area contributed by atoms with Gasteiger partial charge in [0.15, 0.2) is 5.82 Å². The first kappa shape index (κ1) is 21.9. The fraction of sp³-hybridized carbons (Fsp3) is 0.478. The smallest absolute Gasteiger partial charge is 0.261 e. The fourth-order valence-electron chi connectivity index (χ4n) is 3.38. The number of rotatable bonds is 9. The van der Waals surface area contributed by atoms with E-state index in [0.29, 0.717) is 29.4 Å². The molecule has 1 amide bonds. The molecule has 1 aliphatic rings. The van der Waals surface area contributed by atoms with Crippen LogP contribution in [-0.4, -0.2) is 39.8 Å². The Kier molecular flexibility index (Phi) is 8.32. The van der Waals surface area contributed by atoms with Gasteiger partial charge in [-0.25, -0.2) is 9.98 Å². The third-order valence-corrected chi connectivity index (χ3v) is 5.13. The molecule has 3 rings (SSSR count). The molecule has 0 aliphatic heterocycles. The maximum Gasteiger partial charge on any atom is 0.261 e. The highest BCUT2D eigenvalue weighted by Gasteiger charge is 2.17. The van der Waals surface area contributed by atoms with Gasteiger partial charge in [0.25, 0.3) is 5.91 Å². The number of aliphatic imine (C=N–C) groups is 1. The molecule has 7 nitrogen and oxygen atoms in total. The molecule has 0 atom stereocenters. The van der Waals surface area contributed by atoms with Crippen molar-refractivity contribution in [1.82, 2.24) is 9.97 Å². The number of hydrogen-bond donors (Lipinski definition) is 3. The van der Waals surface area contributed by atoms with E-state index in [2.05, 4.69) is 27.5 Å². The summed E-state index contributed by atoms with van der Waals surface area (Å²) < 4.78 is 0. The van der Waals surface area contributed by atoms with Crippen molar-refractivity contribution in [3.8, 4) is 0 Å². The standard InChI is InChI=1S/C23H31N5O2/c1-2-3-14-24-23-25-16-20(21(28-23)26-18-7-5-4-6-8-18)22(30)27-19-11-9-17(10-12-19)13-15-29/h9-12,16,29H,2-8,13-15H2,1H3,(H,27,30)(H,24,25,28). The molecular formula is C23H31N5O2. The third kappa shape index (κ3) is 6.35. The first-order valence-corrected chi connectivity index (χ1v) is 10.9. The molecule has 2 aromatic rings. The topological polar surface area (TPSA) is 99.5 Å². The quantitative estimate of drug-likeness (QED) is 0.529. The van der Waals surface area contributed by atoms with Gasteiger partial charge in [0.1, 0.15) is 5.56 Å². The Morgan fingerprint density at radius 3 is 2.63 bits per heavy atom. The Morgan fingerprint density at radius 1 is 1.17 bits per heavy atom. The second-order valence-electron chi connectivity index (χ2n) is 7.57. The zero-order valence-corrected chi connectivity index (χ0v) is 17.7. The van der Waals surface area contributed by atoms with Gasteiger partial charge in [-0.3, -0.25) is 4.79 Å². The van der Waals surface area contributed by atoms with Gasteiger partial charge < -0.3 is 15.7 Å². The summed E-state index contributed by atoms with van der Waals surface area (Å²) in [5.41, 5.74) is 3.17. The predicted molar refractivity (Wildman–Crippen MR) is 121 cm³/mol. The number of carbonyl (C=O) groups is 1. The molecule has 1 fully saturated rings. The van der Waals surface area contributed by atoms with Crippen LogP contribution in [0.15, 0.2) is 35.5 Å². The zero-order valence-electron chi connectivity index (χ0n) is 17.7. The first-order valence-electron chi connectivity index (χ1n) is 10.9. The van der Waals surface area contributed by atoms with Gasteiger partial charge in [0.2, 0.25) is 5.95 Å². The minimum atomic E-state index is -0.278. The van der Waals surface area contributed by atoms with Crippen LogP contribution in [-0.2, 0) is 6.42 Å². The normalized spacial score (nSPS) is 13.7. The van der Waals surface area contributed by atoms with Crippen LogP contribution in [0.25, 0.3) is 0 Å². The lowest BCUT2D eigenvalue weighted by molar-refractivity contribution is 0.102. The van der Waals surface area contributed by atoms with Crippen molar-refractivity contribution in [3.05, 3.63) is 41.6 Å². The van der Waals surface area contributed by atoms with Gasteiger partial charge in [-0.2, -0.15) is 4.98 Å². The van der Waals surface area contributed by atoms with Gasteiger partial charge in [-0.1, -0.05) is 31.9 Å². The summed E-state index contributed by atoms with van der Waals surface area (Å²) in [4.78, 5) is 26.5. The summed E-state index contributed by atoms with van der Waals surface area (Å²) in [7, 11) is 0. The Morgan fingerprint density at radius 2 is 1.93 bits per heavy atom. The minimum Gasteiger partial charge on any atom is -0.396 e. The van der Waals surface area contributed by atoms with Crippen LogP contribution in [0.5, 0.6) is 0 Å². The maximum absolute atomic E-state index is 12.9. The van der Waals surface area contributed by atoms with Crippen molar-refractivity contribution >= 4 is 29.1 Å². The molecule has 7 heteroatoms. The van der Waals surface area contributed by atoms with Crippen molar-refractivity contribution in [3.63, 3.8) is 0 Å². The zero-order chi connectivity index (χ0) is 21.2. The molecule has 1 aromatic carbocycles. The molecule has 160 valence electrons. The molecule has 1 aromatic heterocycles. The third-order valence-electron chi connectivity index (χ3n) is 5.13. The Hall–Kier alpha value is -2.80. The lowest BCUT2D eigenvalue weighted by Crippen LogP contribution is -2.15. The van der Waals surface area contributed by atoms with E-state index in [1.54, 1.807) is 6.20 Å². The number of aliphatic hydroxyl groups excluding tert-OH is 1. The van der Waals surface area contributed by atoms with Crippen LogP contribution in [0, 0.1) is 0 Å². The molecular weight excluding hydrogens is 378 g/mol. The number of amides is 1. The molecule has 0 spiro atoms. The number of aliphatic hydroxyl groups is 1. The highest BCUT2D eigenvalue weighted by atomic mass is 16.3. The highest BCUT2D eigenvalue weighted by molar-refractivity contribution is 6.07. The van der Waals surface area contributed by atoms with Crippen molar-refractivity contribution in [2.75, 3.05) is 23.8 Å². The number of nitrogens with zero attached hydrogens (tertiary/aromatic N) is 3. The molecule has 0 saturated heterocycles. The largest absolute Gasteiger partial charge is 0.396 e. The van der Waals surface area contributed by atoms with Crippen molar-refractivity contribution < 1.29 is 9.90 Å². The van der Waals surface area contributed by atoms with Crippen molar-refractivity contribution in [2.45, 2.75) is 58.3 Å².